The number of primary amides is 1. The molecule has 0 bridgehead atoms. The van der Waals surface area contributed by atoms with Crippen molar-refractivity contribution in [3.8, 4) is 12.3 Å². The van der Waals surface area contributed by atoms with Crippen LogP contribution in [-0.4, -0.2) is 55.0 Å². The van der Waals surface area contributed by atoms with E-state index in [0.717, 1.165) is 62.7 Å². The zero-order chi connectivity index (χ0) is 17.2. The number of rotatable bonds is 4. The van der Waals surface area contributed by atoms with E-state index in [4.69, 9.17) is 16.9 Å². The van der Waals surface area contributed by atoms with E-state index >= 15 is 0 Å². The Morgan fingerprint density at radius 1 is 1.35 bits per heavy atom. The molecule has 2 saturated heterocycles. The molecule has 0 aromatic rings. The molecule has 5 heteroatoms. The number of hydrogen-bond acceptors (Lipinski definition) is 4. The molecule has 0 atom stereocenters. The Labute approximate surface area is 140 Å². The topological polar surface area (TPSA) is 58.8 Å². The Balaban J connectivity index is 0.00000127. The summed E-state index contributed by atoms with van der Waals surface area (Å²) >= 11 is 0. The second-order valence-corrected chi connectivity index (χ2v) is 5.47. The van der Waals surface area contributed by atoms with E-state index in [1.165, 1.54) is 0 Å². The second kappa shape index (κ2) is 9.96. The SMILES string of the molecule is C#C/C(=C(C)\C=C1/CCCO1)N1CCN(CC(N)=O)CC1.CC. The standard InChI is InChI=1S/C16H23N3O2.C2H6/c1-3-15(13(2)11-14-5-4-10-21-14)19-8-6-18(7-9-19)12-16(17)20;1-2/h1,11H,4-10,12H2,2H3,(H2,17,20);1-2H3/b14-11+,15-13+;. The minimum absolute atomic E-state index is 0.282. The van der Waals surface area contributed by atoms with Gasteiger partial charge in [0.1, 0.15) is 0 Å². The maximum absolute atomic E-state index is 10.9. The van der Waals surface area contributed by atoms with Crippen molar-refractivity contribution < 1.29 is 9.53 Å². The van der Waals surface area contributed by atoms with Crippen molar-refractivity contribution in [3.63, 3.8) is 0 Å². The lowest BCUT2D eigenvalue weighted by Gasteiger charge is -2.35. The van der Waals surface area contributed by atoms with Crippen molar-refractivity contribution in [3.05, 3.63) is 23.1 Å². The highest BCUT2D eigenvalue weighted by atomic mass is 16.5. The van der Waals surface area contributed by atoms with Crippen LogP contribution in [0.4, 0.5) is 0 Å². The summed E-state index contributed by atoms with van der Waals surface area (Å²) in [7, 11) is 0. The average molecular weight is 319 g/mol. The van der Waals surface area contributed by atoms with Gasteiger partial charge in [0.05, 0.1) is 24.6 Å². The molecule has 2 N–H and O–H groups in total. The fourth-order valence-corrected chi connectivity index (χ4v) is 2.75. The largest absolute Gasteiger partial charge is 0.498 e. The molecule has 2 aliphatic rings. The fourth-order valence-electron chi connectivity index (χ4n) is 2.75. The molecule has 0 aromatic carbocycles. The van der Waals surface area contributed by atoms with Crippen LogP contribution in [-0.2, 0) is 9.53 Å². The highest BCUT2D eigenvalue weighted by Crippen LogP contribution is 2.21. The molecule has 0 unspecified atom stereocenters. The Bertz CT molecular complexity index is 487. The molecule has 0 spiro atoms. The number of piperazine rings is 1. The Hall–Kier alpha value is -1.93. The van der Waals surface area contributed by atoms with Crippen molar-refractivity contribution in [2.45, 2.75) is 33.6 Å². The first-order valence-corrected chi connectivity index (χ1v) is 8.36. The van der Waals surface area contributed by atoms with Crippen LogP contribution in [0.1, 0.15) is 33.6 Å². The van der Waals surface area contributed by atoms with Gasteiger partial charge in [-0.3, -0.25) is 9.69 Å². The molecular formula is C18H29N3O2. The van der Waals surface area contributed by atoms with Crippen LogP contribution < -0.4 is 5.73 Å². The summed E-state index contributed by atoms with van der Waals surface area (Å²) in [5.41, 5.74) is 7.21. The third-order valence-corrected chi connectivity index (χ3v) is 3.81. The van der Waals surface area contributed by atoms with Gasteiger partial charge >= 0.3 is 0 Å². The van der Waals surface area contributed by atoms with Crippen LogP contribution in [0.5, 0.6) is 0 Å². The van der Waals surface area contributed by atoms with Gasteiger partial charge in [-0.2, -0.15) is 0 Å². The highest BCUT2D eigenvalue weighted by molar-refractivity contribution is 5.75. The zero-order valence-corrected chi connectivity index (χ0v) is 14.6. The first-order chi connectivity index (χ1) is 11.1. The molecule has 2 heterocycles. The van der Waals surface area contributed by atoms with Crippen LogP contribution in [0, 0.1) is 12.3 Å². The fraction of sp³-hybridized carbons (Fsp3) is 0.611. The molecule has 1 amide bonds. The smallest absolute Gasteiger partial charge is 0.231 e. The lowest BCUT2D eigenvalue weighted by Crippen LogP contribution is -2.48. The van der Waals surface area contributed by atoms with Gasteiger partial charge in [0.25, 0.3) is 0 Å². The van der Waals surface area contributed by atoms with Crippen molar-refractivity contribution in [2.75, 3.05) is 39.3 Å². The number of ether oxygens (including phenoxy) is 1. The van der Waals surface area contributed by atoms with E-state index < -0.39 is 0 Å². The average Bonchev–Trinajstić information content (AvgIpc) is 3.04. The number of hydrogen-bond donors (Lipinski definition) is 1. The Kier molecular flexibility index (Phi) is 8.28. The molecular weight excluding hydrogens is 290 g/mol. The molecule has 2 rings (SSSR count). The summed E-state index contributed by atoms with van der Waals surface area (Å²) in [5.74, 6) is 3.54. The first kappa shape index (κ1) is 19.1. The summed E-state index contributed by atoms with van der Waals surface area (Å²) in [6.07, 6.45) is 9.81. The quantitative estimate of drug-likeness (QED) is 0.802. The number of amides is 1. The van der Waals surface area contributed by atoms with Gasteiger partial charge in [-0.25, -0.2) is 0 Å². The number of carbonyl (C=O) groups excluding carboxylic acids is 1. The van der Waals surface area contributed by atoms with E-state index in [0.29, 0.717) is 6.54 Å². The number of terminal acetylenes is 1. The summed E-state index contributed by atoms with van der Waals surface area (Å²) in [6, 6.07) is 0. The molecule has 2 aliphatic heterocycles. The predicted octanol–water partition coefficient (Wildman–Crippen LogP) is 1.72. The van der Waals surface area contributed by atoms with Gasteiger partial charge in [0, 0.05) is 32.6 Å². The molecule has 0 aromatic heterocycles. The normalized spacial score (nSPS) is 21.0. The van der Waals surface area contributed by atoms with Crippen LogP contribution in [0.15, 0.2) is 23.1 Å². The maximum atomic E-state index is 10.9. The van der Waals surface area contributed by atoms with Gasteiger partial charge in [0.2, 0.25) is 5.91 Å². The minimum Gasteiger partial charge on any atom is -0.498 e. The van der Waals surface area contributed by atoms with Crippen LogP contribution in [0.25, 0.3) is 0 Å². The third kappa shape index (κ3) is 5.99. The maximum Gasteiger partial charge on any atom is 0.231 e. The van der Waals surface area contributed by atoms with Crippen molar-refractivity contribution >= 4 is 5.91 Å². The summed E-state index contributed by atoms with van der Waals surface area (Å²) in [5, 5.41) is 0. The second-order valence-electron chi connectivity index (χ2n) is 5.47. The van der Waals surface area contributed by atoms with E-state index in [2.05, 4.69) is 21.8 Å². The van der Waals surface area contributed by atoms with E-state index in [-0.39, 0.29) is 5.91 Å². The van der Waals surface area contributed by atoms with Crippen LogP contribution >= 0.6 is 0 Å². The molecule has 0 radical (unpaired) electrons. The van der Waals surface area contributed by atoms with Gasteiger partial charge in [-0.1, -0.05) is 19.8 Å². The zero-order valence-electron chi connectivity index (χ0n) is 14.6. The Morgan fingerprint density at radius 2 is 2.00 bits per heavy atom. The molecule has 0 aliphatic carbocycles. The summed E-state index contributed by atoms with van der Waals surface area (Å²) in [6.45, 7) is 10.4. The van der Waals surface area contributed by atoms with E-state index in [1.54, 1.807) is 0 Å². The number of allylic oxidation sites excluding steroid dienone is 4. The molecule has 0 saturated carbocycles. The van der Waals surface area contributed by atoms with Crippen molar-refractivity contribution in [1.82, 2.24) is 9.80 Å². The van der Waals surface area contributed by atoms with Gasteiger partial charge in [-0.05, 0) is 25.0 Å². The third-order valence-electron chi connectivity index (χ3n) is 3.81. The number of carbonyl (C=O) groups is 1. The van der Waals surface area contributed by atoms with E-state index in [1.807, 2.05) is 20.8 Å². The Morgan fingerprint density at radius 3 is 2.48 bits per heavy atom. The highest BCUT2D eigenvalue weighted by Gasteiger charge is 2.20. The van der Waals surface area contributed by atoms with Crippen LogP contribution in [0.2, 0.25) is 0 Å². The van der Waals surface area contributed by atoms with E-state index in [9.17, 15) is 4.79 Å². The van der Waals surface area contributed by atoms with Crippen molar-refractivity contribution in [1.29, 1.82) is 0 Å². The van der Waals surface area contributed by atoms with Gasteiger partial charge in [-0.15, -0.1) is 6.42 Å². The molecule has 128 valence electrons. The summed E-state index contributed by atoms with van der Waals surface area (Å²) in [4.78, 5) is 15.2. The lowest BCUT2D eigenvalue weighted by atomic mass is 10.1. The van der Waals surface area contributed by atoms with Crippen LogP contribution in [0.3, 0.4) is 0 Å². The number of nitrogens with two attached hydrogens (primary N) is 1. The van der Waals surface area contributed by atoms with Gasteiger partial charge < -0.3 is 15.4 Å². The molecule has 5 nitrogen and oxygen atoms in total. The molecule has 2 fully saturated rings. The predicted molar refractivity (Wildman–Crippen MR) is 93.4 cm³/mol. The van der Waals surface area contributed by atoms with Crippen molar-refractivity contribution in [2.24, 2.45) is 5.73 Å². The monoisotopic (exact) mass is 319 g/mol. The van der Waals surface area contributed by atoms with Gasteiger partial charge in [0.15, 0.2) is 0 Å². The minimum atomic E-state index is -0.282. The molecule has 23 heavy (non-hydrogen) atoms. The summed E-state index contributed by atoms with van der Waals surface area (Å²) < 4.78 is 5.55. The first-order valence-electron chi connectivity index (χ1n) is 8.36. The number of nitrogens with zero attached hydrogens (tertiary/aromatic N) is 2. The lowest BCUT2D eigenvalue weighted by molar-refractivity contribution is -0.119.